The minimum absolute atomic E-state index is 0.0791. The second-order valence-corrected chi connectivity index (χ2v) is 8.78. The van der Waals surface area contributed by atoms with Crippen LogP contribution in [0.25, 0.3) is 0 Å². The van der Waals surface area contributed by atoms with Crippen molar-refractivity contribution in [2.45, 2.75) is 20.8 Å². The van der Waals surface area contributed by atoms with E-state index in [-0.39, 0.29) is 17.3 Å². The van der Waals surface area contributed by atoms with E-state index in [1.165, 1.54) is 24.5 Å². The maximum absolute atomic E-state index is 12.4. The van der Waals surface area contributed by atoms with E-state index in [0.29, 0.717) is 19.6 Å². The van der Waals surface area contributed by atoms with Gasteiger partial charge < -0.3 is 9.84 Å². The summed E-state index contributed by atoms with van der Waals surface area (Å²) < 4.78 is 6.40. The van der Waals surface area contributed by atoms with Crippen LogP contribution in [0.15, 0.2) is 43.9 Å². The van der Waals surface area contributed by atoms with Gasteiger partial charge in [-0.2, -0.15) is 0 Å². The third-order valence-corrected chi connectivity index (χ3v) is 7.40. The van der Waals surface area contributed by atoms with Gasteiger partial charge in [0.1, 0.15) is 5.76 Å². The maximum Gasteiger partial charge on any atom is 0.337 e. The number of ether oxygens (including phenoxy) is 1. The first-order valence-electron chi connectivity index (χ1n) is 7.46. The first-order valence-corrected chi connectivity index (χ1v) is 9.93. The average Bonchev–Trinajstić information content (AvgIpc) is 2.96. The van der Waals surface area contributed by atoms with Crippen LogP contribution < -0.4 is 0 Å². The summed E-state index contributed by atoms with van der Waals surface area (Å²) in [6.45, 7) is 5.76. The molecule has 4 nitrogen and oxygen atoms in total. The van der Waals surface area contributed by atoms with Gasteiger partial charge in [0.2, 0.25) is 0 Å². The minimum atomic E-state index is -1.05. The lowest BCUT2D eigenvalue weighted by atomic mass is 9.72. The lowest BCUT2D eigenvalue weighted by Gasteiger charge is -2.38. The van der Waals surface area contributed by atoms with E-state index in [1.807, 2.05) is 32.2 Å². The number of ketones is 1. The quantitative estimate of drug-likeness (QED) is 0.442. The fourth-order valence-electron chi connectivity index (χ4n) is 2.70. The van der Waals surface area contributed by atoms with Gasteiger partial charge in [-0.05, 0) is 45.9 Å². The number of aryl methyl sites for hydroxylation is 1. The number of carbonyl (C=O) groups is 2. The van der Waals surface area contributed by atoms with Crippen LogP contribution in [0.1, 0.15) is 29.1 Å². The molecule has 0 saturated heterocycles. The first-order chi connectivity index (χ1) is 11.6. The predicted molar refractivity (Wildman–Crippen MR) is 106 cm³/mol. The third kappa shape index (κ3) is 3.83. The number of carboxylic acids is 1. The summed E-state index contributed by atoms with van der Waals surface area (Å²) in [6.07, 6.45) is 3.31. The van der Waals surface area contributed by atoms with Crippen LogP contribution >= 0.6 is 43.2 Å². The highest BCUT2D eigenvalue weighted by molar-refractivity contribution is 9.12. The number of hydrogen-bond acceptors (Lipinski definition) is 4. The van der Waals surface area contributed by atoms with Crippen molar-refractivity contribution in [2.75, 3.05) is 7.11 Å². The molecule has 0 saturated carbocycles. The molecule has 0 fully saturated rings. The number of hydrogen-bond donors (Lipinski definition) is 1. The number of rotatable bonds is 5. The Morgan fingerprint density at radius 1 is 1.36 bits per heavy atom. The molecule has 1 aromatic heterocycles. The number of carboxylic acid groups (broad SMARTS) is 1. The van der Waals surface area contributed by atoms with Crippen LogP contribution in [0, 0.1) is 18.3 Å². The van der Waals surface area contributed by atoms with Gasteiger partial charge in [0.25, 0.3) is 0 Å². The number of allylic oxidation sites excluding steroid dienone is 3. The van der Waals surface area contributed by atoms with Gasteiger partial charge in [-0.1, -0.05) is 35.9 Å². The largest absolute Gasteiger partial charge is 0.499 e. The molecular weight excluding hydrogens is 472 g/mol. The van der Waals surface area contributed by atoms with Crippen LogP contribution in [-0.2, 0) is 9.53 Å². The Kier molecular flexibility index (Phi) is 6.12. The molecule has 134 valence electrons. The van der Waals surface area contributed by atoms with Gasteiger partial charge in [0.15, 0.2) is 5.78 Å². The molecule has 0 amide bonds. The molecule has 0 spiro atoms. The van der Waals surface area contributed by atoms with Gasteiger partial charge in [0.05, 0.1) is 22.0 Å². The molecule has 1 aromatic rings. The minimum Gasteiger partial charge on any atom is -0.499 e. The molecule has 0 aromatic carbocycles. The fraction of sp³-hybridized carbons (Fsp3) is 0.333. The van der Waals surface area contributed by atoms with Gasteiger partial charge in [-0.25, -0.2) is 4.79 Å². The Labute approximate surface area is 167 Å². The number of thiophene rings is 1. The first kappa shape index (κ1) is 20.1. The molecule has 1 heterocycles. The van der Waals surface area contributed by atoms with Crippen molar-refractivity contribution >= 4 is 54.9 Å². The van der Waals surface area contributed by atoms with Gasteiger partial charge in [-0.3, -0.25) is 4.79 Å². The van der Waals surface area contributed by atoms with Crippen molar-refractivity contribution < 1.29 is 19.4 Å². The van der Waals surface area contributed by atoms with Crippen LogP contribution in [0.2, 0.25) is 0 Å². The molecule has 1 aliphatic rings. The zero-order valence-corrected chi connectivity index (χ0v) is 18.2. The second kappa shape index (κ2) is 7.60. The van der Waals surface area contributed by atoms with Gasteiger partial charge in [-0.15, -0.1) is 11.3 Å². The molecule has 0 bridgehead atoms. The van der Waals surface area contributed by atoms with E-state index >= 15 is 0 Å². The number of halogens is 2. The van der Waals surface area contributed by atoms with Crippen molar-refractivity contribution in [3.8, 4) is 0 Å². The molecule has 2 rings (SSSR count). The molecule has 1 unspecified atom stereocenters. The van der Waals surface area contributed by atoms with Crippen molar-refractivity contribution in [1.29, 1.82) is 0 Å². The summed E-state index contributed by atoms with van der Waals surface area (Å²) in [5.41, 5.74) is 0.599. The molecule has 0 aliphatic heterocycles. The molecule has 0 radical (unpaired) electrons. The number of methoxy groups -OCH3 is 1. The van der Waals surface area contributed by atoms with E-state index in [1.54, 1.807) is 6.08 Å². The number of carbonyl (C=O) groups excluding carboxylic acids is 1. The second-order valence-electron chi connectivity index (χ2n) is 6.29. The summed E-state index contributed by atoms with van der Waals surface area (Å²) in [6, 6.07) is 1.85. The van der Waals surface area contributed by atoms with Crippen LogP contribution in [0.3, 0.4) is 0 Å². The molecule has 1 atom stereocenters. The highest BCUT2D eigenvalue weighted by Crippen LogP contribution is 2.52. The summed E-state index contributed by atoms with van der Waals surface area (Å²) in [7, 11) is 1.50. The van der Waals surface area contributed by atoms with Crippen molar-refractivity contribution in [1.82, 2.24) is 0 Å². The molecule has 7 heteroatoms. The Morgan fingerprint density at radius 2 is 2.00 bits per heavy atom. The van der Waals surface area contributed by atoms with Gasteiger partial charge >= 0.3 is 5.97 Å². The summed E-state index contributed by atoms with van der Waals surface area (Å²) in [5, 5.41) is 11.4. The monoisotopic (exact) mass is 488 g/mol. The average molecular weight is 490 g/mol. The van der Waals surface area contributed by atoms with E-state index in [9.17, 15) is 14.7 Å². The van der Waals surface area contributed by atoms with E-state index in [0.717, 1.165) is 5.56 Å². The van der Waals surface area contributed by atoms with Crippen LogP contribution in [-0.4, -0.2) is 24.0 Å². The highest BCUT2D eigenvalue weighted by Gasteiger charge is 2.43. The Hall–Kier alpha value is -1.18. The molecular formula is C18H18Br2O4S. The Bertz CT molecular complexity index is 815. The third-order valence-electron chi connectivity index (χ3n) is 4.13. The SMILES string of the molecule is COC1=C(Br)C(C(=O)O)=C(Br)C(C)(C)C1C=CC(=O)c1cc(C)cs1. The topological polar surface area (TPSA) is 63.6 Å². The Balaban J connectivity index is 2.45. The summed E-state index contributed by atoms with van der Waals surface area (Å²) in [4.78, 5) is 24.7. The van der Waals surface area contributed by atoms with E-state index in [2.05, 4.69) is 31.9 Å². The van der Waals surface area contributed by atoms with E-state index < -0.39 is 11.4 Å². The van der Waals surface area contributed by atoms with Crippen LogP contribution in [0.5, 0.6) is 0 Å². The molecule has 25 heavy (non-hydrogen) atoms. The predicted octanol–water partition coefficient (Wildman–Crippen LogP) is 5.44. The zero-order valence-electron chi connectivity index (χ0n) is 14.2. The smallest absolute Gasteiger partial charge is 0.337 e. The van der Waals surface area contributed by atoms with E-state index in [4.69, 9.17) is 4.74 Å². The van der Waals surface area contributed by atoms with Crippen molar-refractivity contribution in [2.24, 2.45) is 11.3 Å². The van der Waals surface area contributed by atoms with Gasteiger partial charge in [0, 0.05) is 15.8 Å². The molecule has 1 aliphatic carbocycles. The summed E-state index contributed by atoms with van der Waals surface area (Å²) in [5.74, 6) is -0.940. The van der Waals surface area contributed by atoms with Crippen molar-refractivity contribution in [3.05, 3.63) is 54.3 Å². The standard InChI is InChI=1S/C18H18Br2O4S/c1-9-7-12(25-8-9)11(21)6-5-10-15(24-4)14(19)13(17(22)23)16(20)18(10,2)3/h5-8,10H,1-4H3,(H,22,23). The Morgan fingerprint density at radius 3 is 2.48 bits per heavy atom. The zero-order chi connectivity index (χ0) is 18.9. The lowest BCUT2D eigenvalue weighted by Crippen LogP contribution is -2.32. The maximum atomic E-state index is 12.4. The van der Waals surface area contributed by atoms with Crippen molar-refractivity contribution in [3.63, 3.8) is 0 Å². The fourth-order valence-corrected chi connectivity index (χ4v) is 5.18. The highest BCUT2D eigenvalue weighted by atomic mass is 79.9. The van der Waals surface area contributed by atoms with Crippen LogP contribution in [0.4, 0.5) is 0 Å². The summed E-state index contributed by atoms with van der Waals surface area (Å²) >= 11 is 8.18. The lowest BCUT2D eigenvalue weighted by molar-refractivity contribution is -0.132. The number of aliphatic carboxylic acids is 1. The molecule has 1 N–H and O–H groups in total. The normalized spacial score (nSPS) is 20.3.